The van der Waals surface area contributed by atoms with Crippen LogP contribution in [0.2, 0.25) is 0 Å². The van der Waals surface area contributed by atoms with Gasteiger partial charge in [-0.1, -0.05) is 31.2 Å². The Balaban J connectivity index is 1.97. The van der Waals surface area contributed by atoms with Crippen molar-refractivity contribution in [1.29, 1.82) is 0 Å². The van der Waals surface area contributed by atoms with Crippen molar-refractivity contribution in [2.24, 2.45) is 5.92 Å². The summed E-state index contributed by atoms with van der Waals surface area (Å²) in [6.07, 6.45) is 2.98. The number of pyridine rings is 1. The molecule has 0 unspecified atom stereocenters. The second-order valence-corrected chi connectivity index (χ2v) is 5.47. The first-order valence-electron chi connectivity index (χ1n) is 7.41. The number of ether oxygens (including phenoxy) is 1. The van der Waals surface area contributed by atoms with E-state index in [2.05, 4.69) is 11.9 Å². The van der Waals surface area contributed by atoms with Crippen molar-refractivity contribution in [2.75, 3.05) is 19.1 Å². The lowest BCUT2D eigenvalue weighted by Crippen LogP contribution is -2.28. The molecule has 0 aliphatic carbocycles. The van der Waals surface area contributed by atoms with Gasteiger partial charge in [0, 0.05) is 19.7 Å². The lowest BCUT2D eigenvalue weighted by Gasteiger charge is -2.19. The van der Waals surface area contributed by atoms with Crippen LogP contribution >= 0.6 is 0 Å². The minimum absolute atomic E-state index is 0.0705. The van der Waals surface area contributed by atoms with E-state index in [4.69, 9.17) is 4.74 Å². The summed E-state index contributed by atoms with van der Waals surface area (Å²) in [4.78, 5) is 18.2. The predicted octanol–water partition coefficient (Wildman–Crippen LogP) is 3.32. The van der Waals surface area contributed by atoms with Crippen molar-refractivity contribution in [3.63, 3.8) is 0 Å². The SMILES string of the molecule is COc1ccccc1C[C@H](C)CC(=O)N(C)c1ccccn1. The largest absolute Gasteiger partial charge is 0.496 e. The molecule has 1 aromatic heterocycles. The molecule has 0 radical (unpaired) electrons. The van der Waals surface area contributed by atoms with Gasteiger partial charge < -0.3 is 4.74 Å². The highest BCUT2D eigenvalue weighted by molar-refractivity contribution is 5.91. The molecular weight excluding hydrogens is 276 g/mol. The maximum atomic E-state index is 12.4. The second-order valence-electron chi connectivity index (χ2n) is 5.47. The molecule has 22 heavy (non-hydrogen) atoms. The average molecular weight is 298 g/mol. The number of methoxy groups -OCH3 is 1. The first kappa shape index (κ1) is 16.0. The van der Waals surface area contributed by atoms with Crippen LogP contribution in [0.15, 0.2) is 48.7 Å². The number of benzene rings is 1. The molecule has 0 aliphatic heterocycles. The van der Waals surface area contributed by atoms with Crippen molar-refractivity contribution in [2.45, 2.75) is 19.8 Å². The molecule has 0 saturated carbocycles. The van der Waals surface area contributed by atoms with Crippen LogP contribution in [0.1, 0.15) is 18.9 Å². The Bertz CT molecular complexity index is 613. The molecular formula is C18H22N2O2. The van der Waals surface area contributed by atoms with Crippen molar-refractivity contribution in [3.05, 3.63) is 54.2 Å². The second kappa shape index (κ2) is 7.59. The Morgan fingerprint density at radius 2 is 1.95 bits per heavy atom. The monoisotopic (exact) mass is 298 g/mol. The van der Waals surface area contributed by atoms with Crippen molar-refractivity contribution >= 4 is 11.7 Å². The van der Waals surface area contributed by atoms with Gasteiger partial charge in [0.2, 0.25) is 5.91 Å². The Labute approximate surface area is 131 Å². The average Bonchev–Trinajstić information content (AvgIpc) is 2.55. The lowest BCUT2D eigenvalue weighted by molar-refractivity contribution is -0.119. The molecule has 0 bridgehead atoms. The number of carbonyl (C=O) groups excluding carboxylic acids is 1. The molecule has 0 fully saturated rings. The van der Waals surface area contributed by atoms with Gasteiger partial charge in [-0.3, -0.25) is 9.69 Å². The summed E-state index contributed by atoms with van der Waals surface area (Å²) in [6.45, 7) is 2.08. The Kier molecular flexibility index (Phi) is 5.53. The Hall–Kier alpha value is -2.36. The third-order valence-electron chi connectivity index (χ3n) is 3.65. The predicted molar refractivity (Wildman–Crippen MR) is 88.1 cm³/mol. The highest BCUT2D eigenvalue weighted by Crippen LogP contribution is 2.22. The molecule has 116 valence electrons. The van der Waals surface area contributed by atoms with E-state index >= 15 is 0 Å². The summed E-state index contributed by atoms with van der Waals surface area (Å²) in [6, 6.07) is 13.5. The van der Waals surface area contributed by atoms with Gasteiger partial charge in [-0.2, -0.15) is 0 Å². The fourth-order valence-corrected chi connectivity index (χ4v) is 2.43. The minimum atomic E-state index is 0.0705. The van der Waals surface area contributed by atoms with Gasteiger partial charge in [0.25, 0.3) is 0 Å². The van der Waals surface area contributed by atoms with E-state index in [1.807, 2.05) is 42.5 Å². The highest BCUT2D eigenvalue weighted by Gasteiger charge is 2.16. The van der Waals surface area contributed by atoms with Crippen molar-refractivity contribution in [1.82, 2.24) is 4.98 Å². The summed E-state index contributed by atoms with van der Waals surface area (Å²) in [5.74, 6) is 1.85. The number of hydrogen-bond donors (Lipinski definition) is 0. The van der Waals surface area contributed by atoms with Crippen LogP contribution in [0.4, 0.5) is 5.82 Å². The van der Waals surface area contributed by atoms with Crippen LogP contribution in [0, 0.1) is 5.92 Å². The van der Waals surface area contributed by atoms with Gasteiger partial charge in [-0.15, -0.1) is 0 Å². The number of anilines is 1. The van der Waals surface area contributed by atoms with Crippen LogP contribution in [-0.4, -0.2) is 25.0 Å². The lowest BCUT2D eigenvalue weighted by atomic mass is 9.97. The van der Waals surface area contributed by atoms with E-state index in [9.17, 15) is 4.79 Å². The van der Waals surface area contributed by atoms with E-state index in [0.717, 1.165) is 17.7 Å². The van der Waals surface area contributed by atoms with Crippen LogP contribution in [0.3, 0.4) is 0 Å². The summed E-state index contributed by atoms with van der Waals surface area (Å²) in [7, 11) is 3.43. The van der Waals surface area contributed by atoms with Crippen LogP contribution < -0.4 is 9.64 Å². The molecule has 1 atom stereocenters. The van der Waals surface area contributed by atoms with Gasteiger partial charge in [0.1, 0.15) is 11.6 Å². The summed E-state index contributed by atoms with van der Waals surface area (Å²) in [5.41, 5.74) is 1.13. The number of carbonyl (C=O) groups is 1. The third kappa shape index (κ3) is 4.07. The smallest absolute Gasteiger partial charge is 0.228 e. The number of aromatic nitrogens is 1. The Morgan fingerprint density at radius 1 is 1.23 bits per heavy atom. The minimum Gasteiger partial charge on any atom is -0.496 e. The summed E-state index contributed by atoms with van der Waals surface area (Å²) in [5, 5.41) is 0. The fraction of sp³-hybridized carbons (Fsp3) is 0.333. The van der Waals surface area contributed by atoms with Crippen molar-refractivity contribution in [3.8, 4) is 5.75 Å². The van der Waals surface area contributed by atoms with Crippen molar-refractivity contribution < 1.29 is 9.53 Å². The number of nitrogens with zero attached hydrogens (tertiary/aromatic N) is 2. The molecule has 2 aromatic rings. The van der Waals surface area contributed by atoms with E-state index in [-0.39, 0.29) is 11.8 Å². The maximum Gasteiger partial charge on any atom is 0.228 e. The molecule has 0 aliphatic rings. The molecule has 4 heteroatoms. The number of para-hydroxylation sites is 1. The number of rotatable bonds is 6. The number of hydrogen-bond acceptors (Lipinski definition) is 3. The highest BCUT2D eigenvalue weighted by atomic mass is 16.5. The Morgan fingerprint density at radius 3 is 2.64 bits per heavy atom. The molecule has 0 spiro atoms. The topological polar surface area (TPSA) is 42.4 Å². The molecule has 1 heterocycles. The van der Waals surface area contributed by atoms with Gasteiger partial charge in [0.15, 0.2) is 0 Å². The van der Waals surface area contributed by atoms with Gasteiger partial charge in [-0.25, -0.2) is 4.98 Å². The summed E-state index contributed by atoms with van der Waals surface area (Å²) < 4.78 is 5.36. The molecule has 4 nitrogen and oxygen atoms in total. The third-order valence-corrected chi connectivity index (χ3v) is 3.65. The zero-order valence-corrected chi connectivity index (χ0v) is 13.3. The van der Waals surface area contributed by atoms with Gasteiger partial charge in [-0.05, 0) is 36.1 Å². The molecule has 0 saturated heterocycles. The maximum absolute atomic E-state index is 12.4. The van der Waals surface area contributed by atoms with Gasteiger partial charge in [0.05, 0.1) is 7.11 Å². The van der Waals surface area contributed by atoms with Crippen LogP contribution in [0.25, 0.3) is 0 Å². The molecule has 1 aromatic carbocycles. The quantitative estimate of drug-likeness (QED) is 0.821. The van der Waals surface area contributed by atoms with E-state index in [1.165, 1.54) is 0 Å². The first-order chi connectivity index (χ1) is 10.6. The zero-order chi connectivity index (χ0) is 15.9. The summed E-state index contributed by atoms with van der Waals surface area (Å²) >= 11 is 0. The van der Waals surface area contributed by atoms with E-state index < -0.39 is 0 Å². The fourth-order valence-electron chi connectivity index (χ4n) is 2.43. The zero-order valence-electron chi connectivity index (χ0n) is 13.3. The first-order valence-corrected chi connectivity index (χ1v) is 7.41. The van der Waals surface area contributed by atoms with Crippen LogP contribution in [-0.2, 0) is 11.2 Å². The van der Waals surface area contributed by atoms with E-state index in [1.54, 1.807) is 25.3 Å². The van der Waals surface area contributed by atoms with Gasteiger partial charge >= 0.3 is 0 Å². The standard InChI is InChI=1S/C18H22N2O2/c1-14(12-15-8-4-5-9-16(15)22-3)13-18(21)20(2)17-10-6-7-11-19-17/h4-11,14H,12-13H2,1-3H3/t14-/m0/s1. The molecule has 0 N–H and O–H groups in total. The molecule has 2 rings (SSSR count). The van der Waals surface area contributed by atoms with E-state index in [0.29, 0.717) is 12.2 Å². The molecule has 1 amide bonds. The number of amides is 1. The van der Waals surface area contributed by atoms with Crippen LogP contribution in [0.5, 0.6) is 5.75 Å². The normalized spacial score (nSPS) is 11.8.